The zero-order valence-corrected chi connectivity index (χ0v) is 29.7. The van der Waals surface area contributed by atoms with Gasteiger partial charge in [0.25, 0.3) is 23.6 Å². The van der Waals surface area contributed by atoms with Gasteiger partial charge in [0.1, 0.15) is 22.8 Å². The van der Waals surface area contributed by atoms with Crippen LogP contribution in [0.15, 0.2) is 85.1 Å². The number of carbonyl (C=O) groups is 6. The highest BCUT2D eigenvalue weighted by Crippen LogP contribution is 2.41. The molecule has 0 atom stereocenters. The molecule has 5 rings (SSSR count). The largest absolute Gasteiger partial charge is 0.507 e. The predicted molar refractivity (Wildman–Crippen MR) is 200 cm³/mol. The van der Waals surface area contributed by atoms with Crippen LogP contribution in [0.25, 0.3) is 0 Å². The monoisotopic (exact) mass is 782 g/mol. The van der Waals surface area contributed by atoms with Crippen molar-refractivity contribution in [3.63, 3.8) is 0 Å². The van der Waals surface area contributed by atoms with E-state index in [0.717, 1.165) is 44.6 Å². The number of methoxy groups -OCH3 is 2. The minimum absolute atomic E-state index is 0.0648. The van der Waals surface area contributed by atoms with Crippen molar-refractivity contribution < 1.29 is 63.1 Å². The number of hydrogen-bond donors (Lipinski definition) is 9. The number of carboxylic acid groups (broad SMARTS) is 1. The molecule has 5 aromatic rings. The smallest absolute Gasteiger partial charge is 0.339 e. The molecule has 9 N–H and O–H groups in total. The lowest BCUT2D eigenvalue weighted by Crippen LogP contribution is -2.33. The topological polar surface area (TPSA) is 275 Å². The van der Waals surface area contributed by atoms with Gasteiger partial charge in [-0.15, -0.1) is 0 Å². The molecule has 0 unspecified atom stereocenters. The first kappa shape index (κ1) is 40.0. The van der Waals surface area contributed by atoms with E-state index in [1.54, 1.807) is 0 Å². The molecule has 0 radical (unpaired) electrons. The van der Waals surface area contributed by atoms with Gasteiger partial charge in [-0.25, -0.2) is 14.2 Å². The van der Waals surface area contributed by atoms with Gasteiger partial charge in [0.2, 0.25) is 5.91 Å². The zero-order chi connectivity index (χ0) is 41.4. The quantitative estimate of drug-likeness (QED) is 0.0812. The van der Waals surface area contributed by atoms with Crippen LogP contribution in [0, 0.1) is 5.82 Å². The number of hydrogen-bond acceptors (Lipinski definition) is 12. The van der Waals surface area contributed by atoms with Gasteiger partial charge in [0.05, 0.1) is 55.2 Å². The Kier molecular flexibility index (Phi) is 12.1. The van der Waals surface area contributed by atoms with E-state index in [-0.39, 0.29) is 56.6 Å². The van der Waals surface area contributed by atoms with Crippen LogP contribution in [0.3, 0.4) is 0 Å². The van der Waals surface area contributed by atoms with Crippen LogP contribution in [-0.2, 0) is 4.79 Å². The first-order valence-electron chi connectivity index (χ1n) is 16.3. The Morgan fingerprint density at radius 1 is 0.632 bits per heavy atom. The Labute approximate surface area is 320 Å². The fourth-order valence-electron chi connectivity index (χ4n) is 5.15. The molecule has 0 saturated carbocycles. The lowest BCUT2D eigenvalue weighted by atomic mass is 10.1. The maximum absolute atomic E-state index is 13.1. The number of ether oxygens (including phenoxy) is 2. The van der Waals surface area contributed by atoms with Crippen molar-refractivity contribution in [2.75, 3.05) is 42.0 Å². The Balaban J connectivity index is 1.16. The van der Waals surface area contributed by atoms with Crippen molar-refractivity contribution in [3.05, 3.63) is 119 Å². The molecule has 0 fully saturated rings. The number of nitrogens with one attached hydrogen (secondary N) is 5. The van der Waals surface area contributed by atoms with Crippen molar-refractivity contribution in [1.82, 2.24) is 10.3 Å². The minimum Gasteiger partial charge on any atom is -0.507 e. The predicted octanol–water partition coefficient (Wildman–Crippen LogP) is 4.18. The molecule has 0 saturated heterocycles. The molecule has 0 aliphatic heterocycles. The van der Waals surface area contributed by atoms with E-state index in [4.69, 9.17) is 9.47 Å². The van der Waals surface area contributed by atoms with Crippen LogP contribution in [0.5, 0.6) is 28.7 Å². The summed E-state index contributed by atoms with van der Waals surface area (Å²) in [5.74, 6) is -8.33. The second-order valence-electron chi connectivity index (χ2n) is 11.7. The molecule has 0 bridgehead atoms. The molecular formula is C38H31FN6O12. The lowest BCUT2D eigenvalue weighted by molar-refractivity contribution is -0.115. The molecule has 0 aliphatic carbocycles. The van der Waals surface area contributed by atoms with E-state index in [9.17, 15) is 53.6 Å². The summed E-state index contributed by atoms with van der Waals surface area (Å²) in [4.78, 5) is 78.8. The number of rotatable bonds is 13. The fraction of sp³-hybridized carbons (Fsp3) is 0.0789. The third-order valence-electron chi connectivity index (χ3n) is 7.94. The Morgan fingerprint density at radius 2 is 1.19 bits per heavy atom. The molecule has 5 amide bonds. The Hall–Kier alpha value is -8.22. The molecule has 57 heavy (non-hydrogen) atoms. The summed E-state index contributed by atoms with van der Waals surface area (Å²) < 4.78 is 23.4. The van der Waals surface area contributed by atoms with Crippen LogP contribution < -0.4 is 36.1 Å². The van der Waals surface area contributed by atoms with Crippen LogP contribution in [0.4, 0.5) is 27.1 Å². The molecule has 4 aromatic carbocycles. The van der Waals surface area contributed by atoms with Crippen LogP contribution >= 0.6 is 0 Å². The summed E-state index contributed by atoms with van der Waals surface area (Å²) in [6.07, 6.45) is 1.23. The van der Waals surface area contributed by atoms with E-state index in [1.165, 1.54) is 54.7 Å². The van der Waals surface area contributed by atoms with E-state index in [0.29, 0.717) is 0 Å². The summed E-state index contributed by atoms with van der Waals surface area (Å²) in [6.45, 7) is -0.503. The second kappa shape index (κ2) is 17.3. The highest BCUT2D eigenvalue weighted by molar-refractivity contribution is 6.11. The Bertz CT molecular complexity index is 2410. The molecule has 18 nitrogen and oxygen atoms in total. The molecule has 1 heterocycles. The number of aromatic nitrogens is 1. The molecule has 0 aliphatic rings. The average molecular weight is 783 g/mol. The van der Waals surface area contributed by atoms with Crippen molar-refractivity contribution >= 4 is 58.3 Å². The average Bonchev–Trinajstić information content (AvgIpc) is 3.17. The Morgan fingerprint density at radius 3 is 1.75 bits per heavy atom. The van der Waals surface area contributed by atoms with Gasteiger partial charge < -0.3 is 56.5 Å². The summed E-state index contributed by atoms with van der Waals surface area (Å²) in [5.41, 5.74) is -0.825. The number of nitrogens with zero attached hydrogens (tertiary/aromatic N) is 1. The van der Waals surface area contributed by atoms with E-state index in [2.05, 4.69) is 31.6 Å². The van der Waals surface area contributed by atoms with Gasteiger partial charge in [-0.3, -0.25) is 24.0 Å². The number of aromatic hydroxyl groups is 3. The van der Waals surface area contributed by atoms with Crippen LogP contribution in [-0.4, -0.2) is 81.7 Å². The molecular weight excluding hydrogens is 751 g/mol. The van der Waals surface area contributed by atoms with Crippen molar-refractivity contribution in [3.8, 4) is 28.7 Å². The molecule has 292 valence electrons. The van der Waals surface area contributed by atoms with Gasteiger partial charge in [0.15, 0.2) is 23.0 Å². The molecule has 0 spiro atoms. The van der Waals surface area contributed by atoms with Gasteiger partial charge in [-0.2, -0.15) is 0 Å². The number of aromatic carboxylic acids is 1. The SMILES string of the molecule is COc1c(NC(=O)c2ccc(NC(=O)c3ccc(NC(=O)CNC(=O)c4ccc(NC(=O)c5ccc(F)cc5)cn4)cc3O)c(OC)c2O)ccc(C(=O)O)c1O. The van der Waals surface area contributed by atoms with Crippen molar-refractivity contribution in [2.24, 2.45) is 0 Å². The second-order valence-corrected chi connectivity index (χ2v) is 11.7. The normalized spacial score (nSPS) is 10.4. The number of benzene rings is 4. The molecule has 1 aromatic heterocycles. The van der Waals surface area contributed by atoms with Gasteiger partial charge in [-0.1, -0.05) is 0 Å². The number of halogens is 1. The first-order chi connectivity index (χ1) is 27.2. The van der Waals surface area contributed by atoms with Crippen molar-refractivity contribution in [1.29, 1.82) is 0 Å². The van der Waals surface area contributed by atoms with E-state index < -0.39 is 70.7 Å². The maximum atomic E-state index is 13.1. The zero-order valence-electron chi connectivity index (χ0n) is 29.7. The first-order valence-corrected chi connectivity index (χ1v) is 16.3. The van der Waals surface area contributed by atoms with Gasteiger partial charge in [0, 0.05) is 17.3 Å². The summed E-state index contributed by atoms with van der Waals surface area (Å²) in [7, 11) is 2.30. The number of anilines is 4. The third-order valence-corrected chi connectivity index (χ3v) is 7.94. The number of amides is 5. The van der Waals surface area contributed by atoms with Crippen LogP contribution in [0.2, 0.25) is 0 Å². The summed E-state index contributed by atoms with van der Waals surface area (Å²) >= 11 is 0. The van der Waals surface area contributed by atoms with Crippen LogP contribution in [0.1, 0.15) is 51.9 Å². The van der Waals surface area contributed by atoms with Gasteiger partial charge in [-0.05, 0) is 72.8 Å². The highest BCUT2D eigenvalue weighted by Gasteiger charge is 2.24. The maximum Gasteiger partial charge on any atom is 0.339 e. The van der Waals surface area contributed by atoms with E-state index in [1.807, 2.05) is 0 Å². The number of phenolic OH excluding ortho intramolecular Hbond substituents is 2. The van der Waals surface area contributed by atoms with Crippen molar-refractivity contribution in [2.45, 2.75) is 0 Å². The molecule has 19 heteroatoms. The number of pyridine rings is 1. The summed E-state index contributed by atoms with van der Waals surface area (Å²) in [5, 5.41) is 53.2. The van der Waals surface area contributed by atoms with E-state index >= 15 is 0 Å². The highest BCUT2D eigenvalue weighted by atomic mass is 19.1. The number of phenols is 3. The fourth-order valence-corrected chi connectivity index (χ4v) is 5.15. The standard InChI is InChI=1S/C38H31FN6O12/c1-56-32-25(13-10-23(30(32)48)36(52)45-26-14-11-24(38(54)55)31(49)33(26)57-2)44-35(51)22-9-7-20(15-28(22)46)42-29(47)17-41-37(53)27-12-8-21(16-40-27)43-34(50)18-3-5-19(39)6-4-18/h3-16,46,48-49H,17H2,1-2H3,(H,41,53)(H,42,47)(H,43,50)(H,44,51)(H,45,52)(H,54,55). The third kappa shape index (κ3) is 9.30. The van der Waals surface area contributed by atoms with Gasteiger partial charge >= 0.3 is 5.97 Å². The summed E-state index contributed by atoms with van der Waals surface area (Å²) in [6, 6.07) is 15.8. The minimum atomic E-state index is -1.44. The number of carbonyl (C=O) groups excluding carboxylic acids is 5. The number of carboxylic acids is 1. The lowest BCUT2D eigenvalue weighted by Gasteiger charge is -2.16.